The van der Waals surface area contributed by atoms with E-state index in [2.05, 4.69) is 10.4 Å². The molecule has 0 unspecified atom stereocenters. The number of amides is 2. The van der Waals surface area contributed by atoms with Crippen LogP contribution in [0.3, 0.4) is 0 Å². The van der Waals surface area contributed by atoms with E-state index in [0.717, 1.165) is 6.42 Å². The molecule has 0 aliphatic carbocycles. The second-order valence-corrected chi connectivity index (χ2v) is 5.14. The lowest BCUT2D eigenvalue weighted by Gasteiger charge is -2.28. The van der Waals surface area contributed by atoms with Crippen molar-refractivity contribution in [1.82, 2.24) is 20.0 Å². The van der Waals surface area contributed by atoms with Crippen molar-refractivity contribution in [3.8, 4) is 0 Å². The van der Waals surface area contributed by atoms with E-state index in [1.807, 2.05) is 19.2 Å². The number of carbonyl (C=O) groups excluding carboxylic acids is 2. The van der Waals surface area contributed by atoms with Crippen LogP contribution in [0.15, 0.2) is 18.5 Å². The van der Waals surface area contributed by atoms with Gasteiger partial charge in [-0.25, -0.2) is 0 Å². The maximum absolute atomic E-state index is 12.1. The van der Waals surface area contributed by atoms with Crippen molar-refractivity contribution in [1.29, 1.82) is 0 Å². The number of nitrogens with zero attached hydrogens (tertiary/aromatic N) is 3. The number of carbonyl (C=O) groups is 2. The van der Waals surface area contributed by atoms with Gasteiger partial charge in [-0.1, -0.05) is 0 Å². The number of hydrogen-bond donors (Lipinski definition) is 1. The lowest BCUT2D eigenvalue weighted by Crippen LogP contribution is -2.45. The number of piperidine rings is 1. The molecule has 0 radical (unpaired) electrons. The van der Waals surface area contributed by atoms with Gasteiger partial charge in [-0.2, -0.15) is 5.10 Å². The van der Waals surface area contributed by atoms with Gasteiger partial charge < -0.3 is 10.2 Å². The van der Waals surface area contributed by atoms with Gasteiger partial charge in [-0.05, 0) is 19.4 Å². The zero-order chi connectivity index (χ0) is 13.8. The van der Waals surface area contributed by atoms with E-state index in [1.54, 1.807) is 22.8 Å². The van der Waals surface area contributed by atoms with Crippen LogP contribution in [-0.4, -0.2) is 46.1 Å². The van der Waals surface area contributed by atoms with Gasteiger partial charge in [-0.3, -0.25) is 14.3 Å². The summed E-state index contributed by atoms with van der Waals surface area (Å²) in [6.07, 6.45) is 4.63. The Morgan fingerprint density at radius 2 is 2.42 bits per heavy atom. The van der Waals surface area contributed by atoms with Crippen LogP contribution in [0.4, 0.5) is 0 Å². The molecule has 1 saturated heterocycles. The third-order valence-corrected chi connectivity index (χ3v) is 3.44. The van der Waals surface area contributed by atoms with Gasteiger partial charge >= 0.3 is 0 Å². The molecule has 2 rings (SSSR count). The largest absolute Gasteiger partial charge is 0.352 e. The highest BCUT2D eigenvalue weighted by Gasteiger charge is 2.29. The normalized spacial score (nSPS) is 21.3. The lowest BCUT2D eigenvalue weighted by atomic mass is 9.95. The van der Waals surface area contributed by atoms with Gasteiger partial charge in [0.1, 0.15) is 0 Å². The summed E-state index contributed by atoms with van der Waals surface area (Å²) in [5.41, 5.74) is 0. The summed E-state index contributed by atoms with van der Waals surface area (Å²) < 4.78 is 1.78. The number of hydrogen-bond acceptors (Lipinski definition) is 3. The van der Waals surface area contributed by atoms with Crippen LogP contribution in [0.5, 0.6) is 0 Å². The maximum atomic E-state index is 12.1. The fourth-order valence-corrected chi connectivity index (χ4v) is 2.26. The van der Waals surface area contributed by atoms with Crippen molar-refractivity contribution < 1.29 is 9.59 Å². The van der Waals surface area contributed by atoms with E-state index in [0.29, 0.717) is 19.5 Å². The zero-order valence-electron chi connectivity index (χ0n) is 11.4. The van der Waals surface area contributed by atoms with Gasteiger partial charge in [-0.15, -0.1) is 0 Å². The topological polar surface area (TPSA) is 67.2 Å². The second-order valence-electron chi connectivity index (χ2n) is 5.14. The zero-order valence-corrected chi connectivity index (χ0v) is 11.4. The van der Waals surface area contributed by atoms with Gasteiger partial charge in [0.25, 0.3) is 0 Å². The van der Waals surface area contributed by atoms with Gasteiger partial charge in [0, 0.05) is 44.4 Å². The van der Waals surface area contributed by atoms with Gasteiger partial charge in [0.05, 0.1) is 6.54 Å². The van der Waals surface area contributed by atoms with Crippen molar-refractivity contribution in [3.05, 3.63) is 18.5 Å². The minimum absolute atomic E-state index is 0.00200. The molecule has 2 amide bonds. The molecule has 1 fully saturated rings. The van der Waals surface area contributed by atoms with Gasteiger partial charge in [0.2, 0.25) is 11.8 Å². The Bertz CT molecular complexity index is 444. The Labute approximate surface area is 112 Å². The number of aromatic nitrogens is 2. The van der Waals surface area contributed by atoms with Crippen LogP contribution in [0.25, 0.3) is 0 Å². The highest BCUT2D eigenvalue weighted by molar-refractivity contribution is 5.86. The van der Waals surface area contributed by atoms with E-state index < -0.39 is 0 Å². The summed E-state index contributed by atoms with van der Waals surface area (Å²) in [4.78, 5) is 25.3. The second kappa shape index (κ2) is 5.86. The van der Waals surface area contributed by atoms with Crippen molar-refractivity contribution in [3.63, 3.8) is 0 Å². The van der Waals surface area contributed by atoms with Crippen LogP contribution >= 0.6 is 0 Å². The standard InChI is InChI=1S/C13H20N4O2/c1-10(9-17-6-3-5-14-17)15-13(19)11-4-7-16(2)12(18)8-11/h3,5-6,10-11H,4,7-9H2,1-2H3,(H,15,19)/t10-,11+/m0/s1. The molecule has 1 aromatic heterocycles. The van der Waals surface area contributed by atoms with Crippen LogP contribution in [0, 0.1) is 5.92 Å². The Morgan fingerprint density at radius 3 is 3.05 bits per heavy atom. The Balaban J connectivity index is 1.82. The summed E-state index contributed by atoms with van der Waals surface area (Å²) in [5.74, 6) is -0.170. The van der Waals surface area contributed by atoms with E-state index in [4.69, 9.17) is 0 Å². The monoisotopic (exact) mass is 264 g/mol. The fourth-order valence-electron chi connectivity index (χ4n) is 2.26. The predicted molar refractivity (Wildman–Crippen MR) is 70.2 cm³/mol. The number of likely N-dealkylation sites (tertiary alicyclic amines) is 1. The molecule has 6 nitrogen and oxygen atoms in total. The third-order valence-electron chi connectivity index (χ3n) is 3.44. The maximum Gasteiger partial charge on any atom is 0.223 e. The average molecular weight is 264 g/mol. The fraction of sp³-hybridized carbons (Fsp3) is 0.615. The summed E-state index contributed by atoms with van der Waals surface area (Å²) in [5, 5.41) is 7.06. The smallest absolute Gasteiger partial charge is 0.223 e. The summed E-state index contributed by atoms with van der Waals surface area (Å²) in [6, 6.07) is 1.85. The first-order chi connectivity index (χ1) is 9.06. The first-order valence-electron chi connectivity index (χ1n) is 6.58. The van der Waals surface area contributed by atoms with Crippen LogP contribution in [-0.2, 0) is 16.1 Å². The molecule has 0 saturated carbocycles. The molecule has 0 bridgehead atoms. The third kappa shape index (κ3) is 3.56. The molecule has 2 heterocycles. The molecule has 1 aliphatic rings. The minimum atomic E-state index is -0.191. The Morgan fingerprint density at radius 1 is 1.63 bits per heavy atom. The van der Waals surface area contributed by atoms with Crippen LogP contribution in [0.1, 0.15) is 19.8 Å². The minimum Gasteiger partial charge on any atom is -0.352 e. The van der Waals surface area contributed by atoms with Crippen molar-refractivity contribution in [2.75, 3.05) is 13.6 Å². The molecular weight excluding hydrogens is 244 g/mol. The molecule has 1 aliphatic heterocycles. The van der Waals surface area contributed by atoms with Crippen molar-refractivity contribution >= 4 is 11.8 Å². The average Bonchev–Trinajstić information content (AvgIpc) is 2.85. The first kappa shape index (κ1) is 13.6. The van der Waals surface area contributed by atoms with E-state index >= 15 is 0 Å². The highest BCUT2D eigenvalue weighted by atomic mass is 16.2. The molecule has 0 spiro atoms. The molecular formula is C13H20N4O2. The SMILES string of the molecule is C[C@@H](Cn1cccn1)NC(=O)[C@@H]1CCN(C)C(=O)C1. The van der Waals surface area contributed by atoms with Crippen molar-refractivity contribution in [2.45, 2.75) is 32.4 Å². The molecule has 0 aromatic carbocycles. The number of nitrogens with one attached hydrogen (secondary N) is 1. The summed E-state index contributed by atoms with van der Waals surface area (Å²) in [6.45, 7) is 3.24. The molecule has 6 heteroatoms. The summed E-state index contributed by atoms with van der Waals surface area (Å²) in [7, 11) is 1.77. The molecule has 19 heavy (non-hydrogen) atoms. The Hall–Kier alpha value is -1.85. The van der Waals surface area contributed by atoms with Crippen LogP contribution in [0.2, 0.25) is 0 Å². The van der Waals surface area contributed by atoms with E-state index in [1.165, 1.54) is 0 Å². The molecule has 2 atom stereocenters. The highest BCUT2D eigenvalue weighted by Crippen LogP contribution is 2.17. The number of rotatable bonds is 4. The predicted octanol–water partition coefficient (Wildman–Crippen LogP) is 0.256. The molecule has 104 valence electrons. The quantitative estimate of drug-likeness (QED) is 0.848. The van der Waals surface area contributed by atoms with E-state index in [9.17, 15) is 9.59 Å². The van der Waals surface area contributed by atoms with Crippen LogP contribution < -0.4 is 5.32 Å². The van der Waals surface area contributed by atoms with E-state index in [-0.39, 0.29) is 23.8 Å². The first-order valence-corrected chi connectivity index (χ1v) is 6.58. The van der Waals surface area contributed by atoms with Crippen molar-refractivity contribution in [2.24, 2.45) is 5.92 Å². The van der Waals surface area contributed by atoms with Gasteiger partial charge in [0.15, 0.2) is 0 Å². The molecule has 1 N–H and O–H groups in total. The molecule has 1 aromatic rings. The summed E-state index contributed by atoms with van der Waals surface area (Å²) >= 11 is 0. The lowest BCUT2D eigenvalue weighted by molar-refractivity contribution is -0.139. The Kier molecular flexibility index (Phi) is 4.19.